The minimum atomic E-state index is -1.12. The molecule has 2 aliphatic rings. The fourth-order valence-electron chi connectivity index (χ4n) is 11.2. The van der Waals surface area contributed by atoms with Gasteiger partial charge in [-0.15, -0.1) is 0 Å². The maximum Gasteiger partial charge on any atom is 0.245 e. The van der Waals surface area contributed by atoms with Gasteiger partial charge in [0.25, 0.3) is 0 Å². The van der Waals surface area contributed by atoms with Crippen LogP contribution in [0, 0.1) is 5.92 Å². The fourth-order valence-corrected chi connectivity index (χ4v) is 11.6. The summed E-state index contributed by atoms with van der Waals surface area (Å²) >= 11 is 1.51. The van der Waals surface area contributed by atoms with Gasteiger partial charge < -0.3 is 88.7 Å². The van der Waals surface area contributed by atoms with Crippen molar-refractivity contribution < 1.29 is 67.1 Å². The van der Waals surface area contributed by atoms with E-state index < -0.39 is 167 Å². The lowest BCUT2D eigenvalue weighted by molar-refractivity contribution is -0.151. The molecule has 33 heteroatoms. The molecule has 0 unspecified atom stereocenters. The third kappa shape index (κ3) is 28.4. The molecule has 4 rings (SSSR count). The molecule has 2 aromatic rings. The van der Waals surface area contributed by atoms with Crippen LogP contribution in [0.1, 0.15) is 89.7 Å². The number of aliphatic imine (C=N–C) groups is 1. The number of benzene rings is 2. The minimum Gasteiger partial charge on any atom is -0.370 e. The standard InChI is InChI=1S/C65H100N18O14S/c1-46(2)35-79(59(92)40-74(47(3)84)32-33-98-4)39-55(88)73-34-56(89)80(36-48-16-7-5-8-17-48)43-60(93)81(37-49-18-9-6-10-19-49)42-58(91)75(30-22-52(67)85)41-57(90)76(31-23-53(68)86)44-61(94)82-28-14-21-51(82)64(97)78(26-12-11-24-66)45-62(95)83-29-13-20-50(83)63(96)77(38-54(69)87)27-15-25-72-65(70)71/h5-10,16-19,46,50-51H,11-15,20-45,66H2,1-4H3,(H2,67,85)(H2,68,86)(H2,69,87)(H,73,88)(H4,70,71,72)/t50-,51-/m0/s1. The van der Waals surface area contributed by atoms with Gasteiger partial charge in [-0.2, -0.15) is 11.8 Å². The van der Waals surface area contributed by atoms with E-state index in [0.29, 0.717) is 49.1 Å². The molecular formula is C65H100N18O14S. The summed E-state index contributed by atoms with van der Waals surface area (Å²) in [6, 6.07) is 15.1. The van der Waals surface area contributed by atoms with E-state index in [-0.39, 0.29) is 102 Å². The Hall–Kier alpha value is -9.40. The molecule has 14 amide bonds. The Morgan fingerprint density at radius 2 is 0.969 bits per heavy atom. The van der Waals surface area contributed by atoms with Crippen LogP contribution in [0.2, 0.25) is 0 Å². The molecular weight excluding hydrogens is 1290 g/mol. The molecule has 2 atom stereocenters. The largest absolute Gasteiger partial charge is 0.370 e. The van der Waals surface area contributed by atoms with Gasteiger partial charge in [-0.05, 0) is 74.8 Å². The molecule has 2 aliphatic heterocycles. The third-order valence-corrected chi connectivity index (χ3v) is 16.8. The number of hydrogen-bond acceptors (Lipinski definition) is 17. The Morgan fingerprint density at radius 1 is 0.520 bits per heavy atom. The first-order valence-corrected chi connectivity index (χ1v) is 34.3. The van der Waals surface area contributed by atoms with Crippen molar-refractivity contribution in [1.29, 1.82) is 0 Å². The van der Waals surface area contributed by atoms with Gasteiger partial charge >= 0.3 is 0 Å². The highest BCUT2D eigenvalue weighted by molar-refractivity contribution is 7.98. The number of carbonyl (C=O) groups excluding carboxylic acids is 14. The number of carbonyl (C=O) groups is 14. The molecule has 13 N–H and O–H groups in total. The van der Waals surface area contributed by atoms with Crippen molar-refractivity contribution in [2.24, 2.45) is 45.3 Å². The Morgan fingerprint density at radius 3 is 1.44 bits per heavy atom. The van der Waals surface area contributed by atoms with Gasteiger partial charge in [-0.1, -0.05) is 74.5 Å². The van der Waals surface area contributed by atoms with Crippen LogP contribution in [0.4, 0.5) is 0 Å². The molecule has 0 spiro atoms. The van der Waals surface area contributed by atoms with E-state index in [9.17, 15) is 67.1 Å². The minimum absolute atomic E-state index is 0.0504. The monoisotopic (exact) mass is 1390 g/mol. The highest BCUT2D eigenvalue weighted by Gasteiger charge is 2.41. The van der Waals surface area contributed by atoms with E-state index in [4.69, 9.17) is 34.4 Å². The van der Waals surface area contributed by atoms with Crippen LogP contribution in [0.5, 0.6) is 0 Å². The first kappa shape index (κ1) is 81.0. The summed E-state index contributed by atoms with van der Waals surface area (Å²) in [7, 11) is 0. The molecule has 0 aliphatic carbocycles. The lowest BCUT2D eigenvalue weighted by Crippen LogP contribution is -2.55. The number of rotatable bonds is 43. The zero-order valence-corrected chi connectivity index (χ0v) is 57.7. The van der Waals surface area contributed by atoms with Crippen LogP contribution >= 0.6 is 11.8 Å². The zero-order valence-electron chi connectivity index (χ0n) is 56.9. The molecule has 2 saturated heterocycles. The lowest BCUT2D eigenvalue weighted by atomic mass is 10.1. The Kier molecular flexibility index (Phi) is 35.0. The Labute approximate surface area is 576 Å². The lowest BCUT2D eigenvalue weighted by Gasteiger charge is -2.34. The van der Waals surface area contributed by atoms with Crippen molar-refractivity contribution in [2.75, 3.05) is 136 Å². The van der Waals surface area contributed by atoms with Gasteiger partial charge in [0.2, 0.25) is 82.7 Å². The molecule has 2 fully saturated rings. The number of nitrogens with zero attached hydrogens (tertiary/aromatic N) is 11. The number of guanidine groups is 1. The molecule has 32 nitrogen and oxygen atoms in total. The van der Waals surface area contributed by atoms with Crippen molar-refractivity contribution in [3.8, 4) is 0 Å². The average Bonchev–Trinajstić information content (AvgIpc) is 1.60. The van der Waals surface area contributed by atoms with Crippen molar-refractivity contribution in [1.82, 2.24) is 54.3 Å². The van der Waals surface area contributed by atoms with E-state index >= 15 is 0 Å². The number of unbranched alkanes of at least 4 members (excludes halogenated alkanes) is 1. The summed E-state index contributed by atoms with van der Waals surface area (Å²) in [5.41, 5.74) is 34.5. The molecule has 0 bridgehead atoms. The van der Waals surface area contributed by atoms with Gasteiger partial charge in [0.1, 0.15) is 25.2 Å². The summed E-state index contributed by atoms with van der Waals surface area (Å²) in [5, 5.41) is 2.58. The SMILES string of the molecule is CSCCN(CC(=O)N(CC(=O)NCC(=O)N(CC(=O)N(CC(=O)N(CCC(N)=O)CC(=O)N(CCC(N)=O)CC(=O)N1CCC[C@H]1C(=O)N(CCCCN)CC(=O)N1CCC[C@H]1C(=O)N(CCCN=C(N)N)CC(N)=O)Cc1ccccc1)Cc1ccccc1)CC(C)C)C(C)=O. The molecule has 0 aromatic heterocycles. The van der Waals surface area contributed by atoms with Crippen molar-refractivity contribution >= 4 is 100 Å². The number of primary amides is 3. The quantitative estimate of drug-likeness (QED) is 0.0195. The summed E-state index contributed by atoms with van der Waals surface area (Å²) in [5.74, 6) is -9.15. The second-order valence-corrected chi connectivity index (χ2v) is 25.5. The molecule has 2 heterocycles. The number of likely N-dealkylation sites (tertiary alicyclic amines) is 2. The first-order valence-electron chi connectivity index (χ1n) is 32.9. The average molecular weight is 1390 g/mol. The van der Waals surface area contributed by atoms with Gasteiger partial charge in [0.05, 0.1) is 45.8 Å². The smallest absolute Gasteiger partial charge is 0.245 e. The van der Waals surface area contributed by atoms with Crippen molar-refractivity contribution in [3.63, 3.8) is 0 Å². The second kappa shape index (κ2) is 42.3. The predicted molar refractivity (Wildman–Crippen MR) is 365 cm³/mol. The molecule has 98 heavy (non-hydrogen) atoms. The van der Waals surface area contributed by atoms with Crippen LogP contribution in [0.15, 0.2) is 65.7 Å². The Bertz CT molecular complexity index is 3090. The molecule has 0 radical (unpaired) electrons. The third-order valence-electron chi connectivity index (χ3n) is 16.2. The predicted octanol–water partition coefficient (Wildman–Crippen LogP) is -3.21. The summed E-state index contributed by atoms with van der Waals surface area (Å²) in [6.45, 7) is 0.0679. The highest BCUT2D eigenvalue weighted by Crippen LogP contribution is 2.24. The van der Waals surface area contributed by atoms with Crippen LogP contribution in [0.3, 0.4) is 0 Å². The van der Waals surface area contributed by atoms with Gasteiger partial charge in [0.15, 0.2) is 5.96 Å². The Balaban J connectivity index is 1.58. The molecule has 0 saturated carbocycles. The summed E-state index contributed by atoms with van der Waals surface area (Å²) < 4.78 is 0. The number of hydrogen-bond donors (Lipinski definition) is 7. The normalized spacial score (nSPS) is 14.0. The fraction of sp³-hybridized carbons (Fsp3) is 0.585. The summed E-state index contributed by atoms with van der Waals surface area (Å²) in [6.07, 6.45) is 3.34. The van der Waals surface area contributed by atoms with E-state index in [1.165, 1.54) is 53.0 Å². The highest BCUT2D eigenvalue weighted by atomic mass is 32.2. The number of amides is 14. The maximum atomic E-state index is 14.8. The van der Waals surface area contributed by atoms with Crippen molar-refractivity contribution in [3.05, 3.63) is 71.8 Å². The van der Waals surface area contributed by atoms with Crippen LogP contribution in [-0.2, 0) is 80.2 Å². The van der Waals surface area contributed by atoms with Crippen molar-refractivity contribution in [2.45, 2.75) is 104 Å². The van der Waals surface area contributed by atoms with Crippen LogP contribution in [-0.4, -0.2) is 286 Å². The topological polar surface area (TPSA) is 452 Å². The number of nitrogens with one attached hydrogen (secondary N) is 1. The molecule has 540 valence electrons. The number of thioether (sulfide) groups is 1. The van der Waals surface area contributed by atoms with E-state index in [0.717, 1.165) is 14.7 Å². The zero-order chi connectivity index (χ0) is 72.4. The molecule has 2 aromatic carbocycles. The maximum absolute atomic E-state index is 14.8. The number of nitrogens with two attached hydrogens (primary N) is 6. The van der Waals surface area contributed by atoms with E-state index in [1.54, 1.807) is 60.7 Å². The second-order valence-electron chi connectivity index (χ2n) is 24.5. The summed E-state index contributed by atoms with van der Waals surface area (Å²) in [4.78, 5) is 208. The van der Waals surface area contributed by atoms with Gasteiger partial charge in [0, 0.05) is 97.5 Å². The van der Waals surface area contributed by atoms with Crippen LogP contribution < -0.4 is 39.7 Å². The van der Waals surface area contributed by atoms with Gasteiger partial charge in [-0.25, -0.2) is 0 Å². The van der Waals surface area contributed by atoms with Gasteiger partial charge in [-0.3, -0.25) is 72.1 Å². The van der Waals surface area contributed by atoms with E-state index in [2.05, 4.69) is 10.3 Å². The first-order chi connectivity index (χ1) is 46.6. The van der Waals surface area contributed by atoms with Crippen LogP contribution in [0.25, 0.3) is 0 Å². The van der Waals surface area contributed by atoms with E-state index in [1.807, 2.05) is 20.1 Å².